The molecular formula is C22H24N4O. The molecule has 5 nitrogen and oxygen atoms in total. The Kier molecular flexibility index (Phi) is 6.41. The second kappa shape index (κ2) is 9.38. The van der Waals surface area contributed by atoms with E-state index in [0.29, 0.717) is 6.61 Å². The summed E-state index contributed by atoms with van der Waals surface area (Å²) in [6.07, 6.45) is 3.47. The number of amidine groups is 1. The van der Waals surface area contributed by atoms with Gasteiger partial charge in [0.1, 0.15) is 12.4 Å². The van der Waals surface area contributed by atoms with E-state index in [1.165, 1.54) is 0 Å². The highest BCUT2D eigenvalue weighted by Crippen LogP contribution is 2.23. The Morgan fingerprint density at radius 1 is 0.889 bits per heavy atom. The molecule has 0 fully saturated rings. The van der Waals surface area contributed by atoms with Crippen molar-refractivity contribution in [1.82, 2.24) is 10.4 Å². The maximum absolute atomic E-state index is 5.93. The predicted molar refractivity (Wildman–Crippen MR) is 110 cm³/mol. The molecule has 1 N–H and O–H groups in total. The van der Waals surface area contributed by atoms with Gasteiger partial charge in [-0.15, -0.1) is 0 Å². The van der Waals surface area contributed by atoms with E-state index in [1.807, 2.05) is 74.5 Å². The van der Waals surface area contributed by atoms with Crippen LogP contribution in [0.4, 0.5) is 5.69 Å². The van der Waals surface area contributed by atoms with Crippen molar-refractivity contribution in [3.05, 3.63) is 90.8 Å². The van der Waals surface area contributed by atoms with Gasteiger partial charge in [-0.2, -0.15) is 5.10 Å². The first-order valence-electron chi connectivity index (χ1n) is 9.17. The maximum Gasteiger partial charge on any atom is 0.162 e. The number of para-hydroxylation sites is 1. The summed E-state index contributed by atoms with van der Waals surface area (Å²) >= 11 is 0. The van der Waals surface area contributed by atoms with Gasteiger partial charge in [-0.1, -0.05) is 62.4 Å². The third-order valence-electron chi connectivity index (χ3n) is 3.98. The fraction of sp³-hybridized carbons (Fsp3) is 0.182. The van der Waals surface area contributed by atoms with Gasteiger partial charge in [0, 0.05) is 23.6 Å². The van der Waals surface area contributed by atoms with Crippen LogP contribution >= 0.6 is 0 Å². The van der Waals surface area contributed by atoms with Crippen molar-refractivity contribution < 1.29 is 4.74 Å². The zero-order chi connectivity index (χ0) is 18.9. The molecule has 1 aromatic heterocycles. The molecule has 0 saturated heterocycles. The molecular weight excluding hydrogens is 336 g/mol. The molecule has 2 heterocycles. The fourth-order valence-electron chi connectivity index (χ4n) is 2.80. The van der Waals surface area contributed by atoms with E-state index in [0.717, 1.165) is 22.8 Å². The average Bonchev–Trinajstić information content (AvgIpc) is 3.20. The Morgan fingerprint density at radius 3 is 2.19 bits per heavy atom. The first kappa shape index (κ1) is 18.5. The molecule has 1 aliphatic heterocycles. The van der Waals surface area contributed by atoms with Crippen LogP contribution < -0.4 is 15.1 Å². The monoisotopic (exact) mass is 360 g/mol. The van der Waals surface area contributed by atoms with Gasteiger partial charge in [-0.05, 0) is 24.3 Å². The van der Waals surface area contributed by atoms with Crippen LogP contribution in [0.1, 0.15) is 19.4 Å². The van der Waals surface area contributed by atoms with Gasteiger partial charge in [0.15, 0.2) is 12.0 Å². The second-order valence-electron chi connectivity index (χ2n) is 5.65. The molecule has 3 aromatic rings. The van der Waals surface area contributed by atoms with E-state index in [1.54, 1.807) is 12.4 Å². The van der Waals surface area contributed by atoms with Crippen molar-refractivity contribution in [3.63, 3.8) is 0 Å². The number of pyridine rings is 1. The van der Waals surface area contributed by atoms with Gasteiger partial charge in [0.25, 0.3) is 0 Å². The summed E-state index contributed by atoms with van der Waals surface area (Å²) in [6, 6.07) is 23.9. The first-order chi connectivity index (χ1) is 13.4. The molecule has 2 aromatic carbocycles. The molecule has 1 aliphatic rings. The fourth-order valence-corrected chi connectivity index (χ4v) is 2.80. The Bertz CT molecular complexity index is 838. The molecule has 1 atom stereocenters. The molecule has 1 unspecified atom stereocenters. The average molecular weight is 360 g/mol. The summed E-state index contributed by atoms with van der Waals surface area (Å²) in [5, 5.41) is 4.55. The van der Waals surface area contributed by atoms with Gasteiger partial charge < -0.3 is 4.74 Å². The third kappa shape index (κ3) is 4.44. The summed E-state index contributed by atoms with van der Waals surface area (Å²) in [5.41, 5.74) is 5.26. The number of aromatic nitrogens is 1. The number of ether oxygens (including phenoxy) is 1. The summed E-state index contributed by atoms with van der Waals surface area (Å²) in [6.45, 7) is 4.46. The van der Waals surface area contributed by atoms with Crippen molar-refractivity contribution in [2.75, 3.05) is 11.5 Å². The number of hydrogen-bond acceptors (Lipinski definition) is 5. The van der Waals surface area contributed by atoms with Crippen molar-refractivity contribution >= 4 is 11.5 Å². The number of benzene rings is 2. The topological polar surface area (TPSA) is 49.8 Å². The van der Waals surface area contributed by atoms with Crippen LogP contribution in [0.3, 0.4) is 0 Å². The highest BCUT2D eigenvalue weighted by molar-refractivity contribution is 6.11. The molecule has 27 heavy (non-hydrogen) atoms. The number of hydrogen-bond donors (Lipinski definition) is 1. The standard InChI is InChI=1S/C20H18N4O.C2H6/c1-3-7-16(8-4-1)20-23-22-19(15-25-18-9-5-2-6-10-18)24(20)17-11-13-21-14-12-17;1-2/h1-14,19,22H,15H2;1-2H3. The second-order valence-corrected chi connectivity index (χ2v) is 5.65. The van der Waals surface area contributed by atoms with Crippen LogP contribution in [0.5, 0.6) is 5.75 Å². The van der Waals surface area contributed by atoms with Crippen molar-refractivity contribution in [2.45, 2.75) is 20.0 Å². The SMILES string of the molecule is CC.c1ccc(OCC2NN=C(c3ccccc3)N2c2ccncc2)cc1. The number of nitrogens with zero attached hydrogens (tertiary/aromatic N) is 3. The lowest BCUT2D eigenvalue weighted by molar-refractivity contribution is 0.276. The van der Waals surface area contributed by atoms with E-state index >= 15 is 0 Å². The van der Waals surface area contributed by atoms with E-state index in [9.17, 15) is 0 Å². The van der Waals surface area contributed by atoms with Crippen molar-refractivity contribution in [3.8, 4) is 5.75 Å². The molecule has 4 rings (SSSR count). The van der Waals surface area contributed by atoms with Crippen LogP contribution in [-0.4, -0.2) is 23.6 Å². The predicted octanol–water partition coefficient (Wildman–Crippen LogP) is 4.28. The smallest absolute Gasteiger partial charge is 0.162 e. The number of nitrogens with one attached hydrogen (secondary N) is 1. The van der Waals surface area contributed by atoms with Gasteiger partial charge >= 0.3 is 0 Å². The lowest BCUT2D eigenvalue weighted by Crippen LogP contribution is -2.44. The molecule has 0 amide bonds. The summed E-state index contributed by atoms with van der Waals surface area (Å²) in [4.78, 5) is 6.25. The normalized spacial score (nSPS) is 15.3. The minimum absolute atomic E-state index is 0.0992. The Morgan fingerprint density at radius 2 is 1.52 bits per heavy atom. The largest absolute Gasteiger partial charge is 0.489 e. The zero-order valence-electron chi connectivity index (χ0n) is 15.6. The molecule has 138 valence electrons. The third-order valence-corrected chi connectivity index (χ3v) is 3.98. The summed E-state index contributed by atoms with van der Waals surface area (Å²) in [7, 11) is 0. The van der Waals surface area contributed by atoms with Crippen LogP contribution in [0, 0.1) is 0 Å². The summed E-state index contributed by atoms with van der Waals surface area (Å²) in [5.74, 6) is 1.71. The first-order valence-corrected chi connectivity index (χ1v) is 9.17. The van der Waals surface area contributed by atoms with Gasteiger partial charge in [0.2, 0.25) is 0 Å². The van der Waals surface area contributed by atoms with Gasteiger partial charge in [-0.3, -0.25) is 15.3 Å². The van der Waals surface area contributed by atoms with E-state index in [-0.39, 0.29) is 6.17 Å². The zero-order valence-corrected chi connectivity index (χ0v) is 15.6. The molecule has 0 saturated carbocycles. The molecule has 0 bridgehead atoms. The number of anilines is 1. The van der Waals surface area contributed by atoms with Gasteiger partial charge in [-0.25, -0.2) is 0 Å². The van der Waals surface area contributed by atoms with Crippen molar-refractivity contribution in [2.24, 2.45) is 5.10 Å². The highest BCUT2D eigenvalue weighted by atomic mass is 16.5. The quantitative estimate of drug-likeness (QED) is 0.738. The minimum atomic E-state index is -0.0992. The summed E-state index contributed by atoms with van der Waals surface area (Å²) < 4.78 is 5.93. The number of rotatable bonds is 5. The van der Waals surface area contributed by atoms with Crippen LogP contribution in [0.15, 0.2) is 90.3 Å². The Hall–Kier alpha value is -3.34. The van der Waals surface area contributed by atoms with Crippen LogP contribution in [-0.2, 0) is 0 Å². The minimum Gasteiger partial charge on any atom is -0.489 e. The van der Waals surface area contributed by atoms with E-state index < -0.39 is 0 Å². The Labute approximate surface area is 160 Å². The molecule has 0 radical (unpaired) electrons. The van der Waals surface area contributed by atoms with Crippen molar-refractivity contribution in [1.29, 1.82) is 0 Å². The number of hydrazone groups is 1. The molecule has 5 heteroatoms. The molecule has 0 spiro atoms. The van der Waals surface area contributed by atoms with E-state index in [4.69, 9.17) is 4.74 Å². The highest BCUT2D eigenvalue weighted by Gasteiger charge is 2.30. The van der Waals surface area contributed by atoms with Gasteiger partial charge in [0.05, 0.1) is 0 Å². The van der Waals surface area contributed by atoms with E-state index in [2.05, 4.69) is 32.5 Å². The maximum atomic E-state index is 5.93. The van der Waals surface area contributed by atoms with Crippen LogP contribution in [0.2, 0.25) is 0 Å². The lowest BCUT2D eigenvalue weighted by atomic mass is 10.1. The Balaban J connectivity index is 0.00000102. The lowest BCUT2D eigenvalue weighted by Gasteiger charge is -2.27. The van der Waals surface area contributed by atoms with Crippen LogP contribution in [0.25, 0.3) is 0 Å². The molecule has 0 aliphatic carbocycles.